The van der Waals surface area contributed by atoms with Crippen molar-refractivity contribution in [3.63, 3.8) is 0 Å². The third-order valence-corrected chi connectivity index (χ3v) is 18.9. The molecule has 18 heteroatoms. The third-order valence-electron chi connectivity index (χ3n) is 17.0. The van der Waals surface area contributed by atoms with Gasteiger partial charge in [-0.25, -0.2) is 9.59 Å². The highest BCUT2D eigenvalue weighted by Crippen LogP contribution is 2.55. The fourth-order valence-electron chi connectivity index (χ4n) is 13.0. The number of carbonyl (C=O) groups is 2. The smallest absolute Gasteiger partial charge is 0.337 e. The molecule has 6 aliphatic rings. The molecule has 1 aromatic heterocycles. The molecule has 2 fully saturated rings. The molecule has 15 nitrogen and oxygen atoms in total. The zero-order valence-electron chi connectivity index (χ0n) is 46.6. The highest BCUT2D eigenvalue weighted by Gasteiger charge is 2.43. The number of H-pyrrole nitrogens is 1. The Bertz CT molecular complexity index is 3750. The molecule has 6 aromatic rings. The Morgan fingerprint density at radius 3 is 2.33 bits per heavy atom. The lowest BCUT2D eigenvalue weighted by molar-refractivity contribution is -0.118. The maximum Gasteiger partial charge on any atom is 0.337 e. The van der Waals surface area contributed by atoms with E-state index in [4.69, 9.17) is 46.9 Å². The fourth-order valence-corrected chi connectivity index (χ4v) is 14.6. The summed E-state index contributed by atoms with van der Waals surface area (Å²) in [5.74, 6) is 1.40. The minimum Gasteiger partial charge on any atom is -0.497 e. The van der Waals surface area contributed by atoms with Gasteiger partial charge < -0.3 is 44.1 Å². The standard InChI is InChI=1S/C66H64Cl2N4O11S/c1-79-44-24-20-42(21-25-44)66(41-15-4-3-5-16-41,43-22-26-45(80-2)27-23-43)81-36-52-51(73)34-55(82-52)72-35-40(63(75)70-65(72)78)14-10-29-69-54(74)37-84-53-33-50(67)57(64(76)77)58(59(53)68)56-47-28-19-38-12-6-7-17-46(38)61(47)83-62-48-18-11-31-71-30-9-8-13-39(60(48)71)32-49(56)62/h3-5,10,14-16,19-28,32-33,35,38,51-52,55,73H,6-9,11-13,17-18,29-31,34,36-37H2,1-2H3,(H,69,74)(H,76,77)(H,70,75,78). The first kappa shape index (κ1) is 57.1. The number of hydrogen-bond donors (Lipinski definition) is 4. The van der Waals surface area contributed by atoms with Crippen LogP contribution in [0.15, 0.2) is 147 Å². The van der Waals surface area contributed by atoms with Gasteiger partial charge in [-0.1, -0.05) is 109 Å². The average Bonchev–Trinajstić information content (AvgIpc) is 0.941. The average molecular weight is 1190 g/mol. The van der Waals surface area contributed by atoms with Gasteiger partial charge in [-0.15, -0.1) is 11.8 Å². The Morgan fingerprint density at radius 2 is 1.61 bits per heavy atom. The topological polar surface area (TPSA) is 191 Å². The zero-order valence-corrected chi connectivity index (χ0v) is 48.9. The van der Waals surface area contributed by atoms with Gasteiger partial charge in [0.15, 0.2) is 0 Å². The molecule has 5 aromatic carbocycles. The number of amides is 1. The number of fused-ring (bicyclic) bond motifs is 4. The summed E-state index contributed by atoms with van der Waals surface area (Å²) in [4.78, 5) is 58.9. The number of ether oxygens (including phenoxy) is 5. The quantitative estimate of drug-likeness (QED) is 0.0499. The molecule has 4 unspecified atom stereocenters. The van der Waals surface area contributed by atoms with Crippen LogP contribution in [-0.2, 0) is 32.7 Å². The van der Waals surface area contributed by atoms with Crippen molar-refractivity contribution in [2.24, 2.45) is 5.92 Å². The summed E-state index contributed by atoms with van der Waals surface area (Å²) in [7, 11) is 3.20. The molecular formula is C66H64Cl2N4O11S. The highest BCUT2D eigenvalue weighted by atomic mass is 35.5. The van der Waals surface area contributed by atoms with Gasteiger partial charge in [-0.3, -0.25) is 19.1 Å². The number of aromatic amines is 1. The molecular weight excluding hydrogens is 1130 g/mol. The van der Waals surface area contributed by atoms with Crippen molar-refractivity contribution < 1.29 is 43.5 Å². The number of carboxylic acid groups (broad SMARTS) is 1. The van der Waals surface area contributed by atoms with Gasteiger partial charge in [0, 0.05) is 76.6 Å². The number of carbonyl (C=O) groups excluding carboxylic acids is 1. The van der Waals surface area contributed by atoms with Gasteiger partial charge in [0.25, 0.3) is 5.56 Å². The van der Waals surface area contributed by atoms with Crippen molar-refractivity contribution in [2.45, 2.75) is 93.1 Å². The predicted molar refractivity (Wildman–Crippen MR) is 325 cm³/mol. The second-order valence-electron chi connectivity index (χ2n) is 22.0. The predicted octanol–water partition coefficient (Wildman–Crippen LogP) is 11.4. The van der Waals surface area contributed by atoms with E-state index in [1.807, 2.05) is 78.9 Å². The number of aliphatic hydroxyl groups excluding tert-OH is 1. The van der Waals surface area contributed by atoms with Crippen molar-refractivity contribution in [3.8, 4) is 17.2 Å². The molecule has 12 rings (SSSR count). The Hall–Kier alpha value is -7.31. The van der Waals surface area contributed by atoms with Crippen LogP contribution in [-0.4, -0.2) is 90.1 Å². The van der Waals surface area contributed by atoms with Crippen LogP contribution in [0, 0.1) is 5.92 Å². The number of methoxy groups -OCH3 is 2. The van der Waals surface area contributed by atoms with Crippen LogP contribution in [0.3, 0.4) is 0 Å². The molecule has 2 aliphatic carbocycles. The number of halogens is 2. The molecule has 1 saturated carbocycles. The van der Waals surface area contributed by atoms with Gasteiger partial charge in [0.2, 0.25) is 5.91 Å². The number of aryl methyl sites for hydroxylation is 1. The van der Waals surface area contributed by atoms with E-state index in [-0.39, 0.29) is 58.3 Å². The number of aromatic nitrogens is 2. The molecule has 84 heavy (non-hydrogen) atoms. The molecule has 4 aliphatic heterocycles. The fraction of sp³-hybridized carbons (Fsp3) is 0.333. The molecule has 4 N–H and O–H groups in total. The number of aliphatic hydroxyl groups is 1. The number of anilines is 1. The number of carboxylic acids is 1. The Kier molecular flexibility index (Phi) is 16.6. The number of aromatic carboxylic acids is 1. The molecule has 1 amide bonds. The van der Waals surface area contributed by atoms with Gasteiger partial charge in [0.05, 0.1) is 53.9 Å². The molecule has 0 bridgehead atoms. The normalized spacial score (nSPS) is 19.9. The minimum atomic E-state index is -1.22. The maximum atomic E-state index is 13.6. The van der Waals surface area contributed by atoms with Crippen molar-refractivity contribution in [3.05, 3.63) is 213 Å². The minimum absolute atomic E-state index is 0.00633. The number of thioether (sulfide) groups is 1. The number of nitrogens with one attached hydrogen (secondary N) is 2. The summed E-state index contributed by atoms with van der Waals surface area (Å²) >= 11 is 15.6. The van der Waals surface area contributed by atoms with E-state index in [9.17, 15) is 29.4 Å². The van der Waals surface area contributed by atoms with Crippen molar-refractivity contribution in [2.75, 3.05) is 51.1 Å². The second-order valence-corrected chi connectivity index (χ2v) is 23.8. The third kappa shape index (κ3) is 10.8. The van der Waals surface area contributed by atoms with Gasteiger partial charge in [-0.2, -0.15) is 0 Å². The number of hydrogen-bond acceptors (Lipinski definition) is 12. The summed E-state index contributed by atoms with van der Waals surface area (Å²) in [6.45, 7) is 1.88. The lowest BCUT2D eigenvalue weighted by atomic mass is 9.75. The second kappa shape index (κ2) is 24.3. The highest BCUT2D eigenvalue weighted by molar-refractivity contribution is 8.00. The number of rotatable bonds is 17. The van der Waals surface area contributed by atoms with Crippen LogP contribution in [0.4, 0.5) is 5.69 Å². The molecule has 0 spiro atoms. The summed E-state index contributed by atoms with van der Waals surface area (Å²) in [6.07, 6.45) is 14.7. The summed E-state index contributed by atoms with van der Waals surface area (Å²) in [6, 6.07) is 28.6. The number of nitrogens with zero attached hydrogens (tertiary/aromatic N) is 2. The van der Waals surface area contributed by atoms with E-state index in [1.54, 1.807) is 20.3 Å². The van der Waals surface area contributed by atoms with E-state index in [0.29, 0.717) is 27.5 Å². The first-order chi connectivity index (χ1) is 40.8. The van der Waals surface area contributed by atoms with Crippen molar-refractivity contribution in [1.82, 2.24) is 14.9 Å². The number of allylic oxidation sites excluding steroid dienone is 3. The lowest BCUT2D eigenvalue weighted by Gasteiger charge is -2.38. The first-order valence-electron chi connectivity index (χ1n) is 28.6. The Labute approximate surface area is 500 Å². The monoisotopic (exact) mass is 1190 g/mol. The van der Waals surface area contributed by atoms with Crippen molar-refractivity contribution >= 4 is 64.2 Å². The maximum absolute atomic E-state index is 13.6. The van der Waals surface area contributed by atoms with Crippen LogP contribution >= 0.6 is 35.0 Å². The Balaban J connectivity index is 0.762. The van der Waals surface area contributed by atoms with Crippen LogP contribution in [0.1, 0.15) is 112 Å². The summed E-state index contributed by atoms with van der Waals surface area (Å²) in [5, 5.41) is 25.5. The molecule has 5 heterocycles. The van der Waals surface area contributed by atoms with E-state index >= 15 is 0 Å². The number of benzene rings is 5. The summed E-state index contributed by atoms with van der Waals surface area (Å²) in [5.41, 5.74) is 7.19. The summed E-state index contributed by atoms with van der Waals surface area (Å²) < 4.78 is 32.7. The van der Waals surface area contributed by atoms with Crippen molar-refractivity contribution in [1.29, 1.82) is 0 Å². The van der Waals surface area contributed by atoms with E-state index in [2.05, 4.69) is 33.4 Å². The first-order valence-corrected chi connectivity index (χ1v) is 30.4. The zero-order chi connectivity index (χ0) is 58.2. The van der Waals surface area contributed by atoms with E-state index in [1.165, 1.54) is 39.7 Å². The van der Waals surface area contributed by atoms with Crippen LogP contribution in [0.5, 0.6) is 17.2 Å². The largest absolute Gasteiger partial charge is 0.497 e. The molecule has 1 saturated heterocycles. The SMILES string of the molecule is COc1ccc(C(OCC2OC(n3cc(C=CCNC(=O)CSc4cc(Cl)c(C(=O)O)c(C5=C6C=CC7CCCCC7=C6Oc6c5cc5c7c6CCCN7CCCC5)c4Cl)c(=O)[nH]c3=O)CC2O)(c2ccccc2)c2ccc(OC)cc2)cc1. The molecule has 0 radical (unpaired) electrons. The lowest BCUT2D eigenvalue weighted by Crippen LogP contribution is -2.38. The Morgan fingerprint density at radius 1 is 0.893 bits per heavy atom. The van der Waals surface area contributed by atoms with Gasteiger partial charge in [0.1, 0.15) is 40.9 Å². The van der Waals surface area contributed by atoms with Crippen LogP contribution in [0.25, 0.3) is 11.6 Å². The van der Waals surface area contributed by atoms with E-state index in [0.717, 1.165) is 128 Å². The van der Waals surface area contributed by atoms with E-state index < -0.39 is 41.3 Å². The van der Waals surface area contributed by atoms with Crippen LogP contribution < -0.4 is 35.7 Å². The van der Waals surface area contributed by atoms with Gasteiger partial charge in [-0.05, 0) is 116 Å². The molecule has 434 valence electrons. The van der Waals surface area contributed by atoms with Gasteiger partial charge >= 0.3 is 11.7 Å². The molecule has 4 atom stereocenters. The van der Waals surface area contributed by atoms with Crippen LogP contribution in [0.2, 0.25) is 10.0 Å².